The van der Waals surface area contributed by atoms with Crippen molar-refractivity contribution in [3.05, 3.63) is 16.4 Å². The van der Waals surface area contributed by atoms with E-state index in [0.717, 1.165) is 55.2 Å². The van der Waals surface area contributed by atoms with E-state index in [9.17, 15) is 5.11 Å². The Bertz CT molecular complexity index is 397. The van der Waals surface area contributed by atoms with Crippen LogP contribution >= 0.6 is 11.6 Å². The van der Waals surface area contributed by atoms with Crippen LogP contribution in [0, 0.1) is 12.8 Å². The van der Waals surface area contributed by atoms with Crippen LogP contribution in [0.15, 0.2) is 0 Å². The Morgan fingerprint density at radius 3 is 2.61 bits per heavy atom. The molecular weight excluding hydrogens is 250 g/mol. The van der Waals surface area contributed by atoms with Gasteiger partial charge in [-0.15, -0.1) is 0 Å². The topological polar surface area (TPSA) is 50.1 Å². The zero-order valence-corrected chi connectivity index (χ0v) is 11.9. The molecule has 0 spiro atoms. The number of hydrogen-bond acceptors (Lipinski definition) is 3. The Labute approximate surface area is 113 Å². The molecule has 1 heterocycles. The van der Waals surface area contributed by atoms with Crippen molar-refractivity contribution in [1.82, 2.24) is 15.1 Å². The van der Waals surface area contributed by atoms with E-state index in [4.69, 9.17) is 11.6 Å². The van der Waals surface area contributed by atoms with Gasteiger partial charge >= 0.3 is 0 Å². The van der Waals surface area contributed by atoms with Gasteiger partial charge in [-0.2, -0.15) is 5.10 Å². The molecule has 102 valence electrons. The summed E-state index contributed by atoms with van der Waals surface area (Å²) in [6, 6.07) is 0. The average molecular weight is 272 g/mol. The molecule has 0 aliphatic heterocycles. The summed E-state index contributed by atoms with van der Waals surface area (Å²) in [7, 11) is 1.86. The summed E-state index contributed by atoms with van der Waals surface area (Å²) < 4.78 is 1.71. The van der Waals surface area contributed by atoms with Crippen molar-refractivity contribution >= 4 is 11.6 Å². The SMILES string of the molecule is Cc1nn(C)c(Cl)c1CNCC1CCC(O)CC1. The number of aromatic nitrogens is 2. The Morgan fingerprint density at radius 2 is 2.06 bits per heavy atom. The first kappa shape index (κ1) is 13.8. The van der Waals surface area contributed by atoms with Gasteiger partial charge in [0.15, 0.2) is 0 Å². The highest BCUT2D eigenvalue weighted by atomic mass is 35.5. The number of hydrogen-bond donors (Lipinski definition) is 2. The molecule has 1 aromatic rings. The third-order valence-electron chi connectivity index (χ3n) is 3.82. The largest absolute Gasteiger partial charge is 0.393 e. The minimum atomic E-state index is -0.0729. The van der Waals surface area contributed by atoms with Crippen molar-refractivity contribution in [2.45, 2.75) is 45.3 Å². The standard InChI is InChI=1S/C13H22ClN3O/c1-9-12(13(14)17(2)16-9)8-15-7-10-3-5-11(18)6-4-10/h10-11,15,18H,3-8H2,1-2H3. The maximum absolute atomic E-state index is 9.46. The van der Waals surface area contributed by atoms with Gasteiger partial charge in [0.1, 0.15) is 5.15 Å². The minimum absolute atomic E-state index is 0.0729. The fourth-order valence-corrected chi connectivity index (χ4v) is 2.87. The molecule has 0 amide bonds. The van der Waals surface area contributed by atoms with Gasteiger partial charge in [-0.25, -0.2) is 0 Å². The van der Waals surface area contributed by atoms with Crippen LogP contribution in [0.5, 0.6) is 0 Å². The van der Waals surface area contributed by atoms with Crippen molar-refractivity contribution in [3.63, 3.8) is 0 Å². The Morgan fingerprint density at radius 1 is 1.39 bits per heavy atom. The Balaban J connectivity index is 1.78. The molecule has 0 atom stereocenters. The van der Waals surface area contributed by atoms with E-state index in [1.807, 2.05) is 14.0 Å². The molecule has 1 aliphatic rings. The third kappa shape index (κ3) is 3.25. The van der Waals surface area contributed by atoms with Crippen LogP contribution in [0.1, 0.15) is 36.9 Å². The molecule has 0 aromatic carbocycles. The lowest BCUT2D eigenvalue weighted by atomic mass is 9.87. The van der Waals surface area contributed by atoms with E-state index in [1.54, 1.807) is 4.68 Å². The molecule has 5 heteroatoms. The fraction of sp³-hybridized carbons (Fsp3) is 0.769. The van der Waals surface area contributed by atoms with Gasteiger partial charge in [-0.3, -0.25) is 4.68 Å². The van der Waals surface area contributed by atoms with E-state index < -0.39 is 0 Å². The van der Waals surface area contributed by atoms with Crippen LogP contribution in [0.2, 0.25) is 5.15 Å². The fourth-order valence-electron chi connectivity index (χ4n) is 2.62. The number of aryl methyl sites for hydroxylation is 2. The monoisotopic (exact) mass is 271 g/mol. The highest BCUT2D eigenvalue weighted by molar-refractivity contribution is 6.30. The number of halogens is 1. The third-order valence-corrected chi connectivity index (χ3v) is 4.29. The Hall–Kier alpha value is -0.580. The molecule has 1 aliphatic carbocycles. The average Bonchev–Trinajstić information content (AvgIpc) is 2.58. The van der Waals surface area contributed by atoms with E-state index in [1.165, 1.54) is 0 Å². The van der Waals surface area contributed by atoms with Crippen LogP contribution in [-0.4, -0.2) is 27.5 Å². The molecule has 0 radical (unpaired) electrons. The number of nitrogens with zero attached hydrogens (tertiary/aromatic N) is 2. The second kappa shape index (κ2) is 6.04. The van der Waals surface area contributed by atoms with Crippen LogP contribution in [-0.2, 0) is 13.6 Å². The first-order valence-electron chi connectivity index (χ1n) is 6.64. The van der Waals surface area contributed by atoms with Crippen LogP contribution in [0.25, 0.3) is 0 Å². The van der Waals surface area contributed by atoms with Crippen molar-refractivity contribution < 1.29 is 5.11 Å². The number of nitrogens with one attached hydrogen (secondary N) is 1. The summed E-state index contributed by atoms with van der Waals surface area (Å²) >= 11 is 6.18. The zero-order chi connectivity index (χ0) is 13.1. The van der Waals surface area contributed by atoms with Crippen LogP contribution in [0.3, 0.4) is 0 Å². The van der Waals surface area contributed by atoms with Crippen LogP contribution in [0.4, 0.5) is 0 Å². The molecule has 0 unspecified atom stereocenters. The summed E-state index contributed by atoms with van der Waals surface area (Å²) in [6.07, 6.45) is 4.05. The second-order valence-electron chi connectivity index (χ2n) is 5.28. The lowest BCUT2D eigenvalue weighted by Crippen LogP contribution is -2.27. The molecule has 1 aromatic heterocycles. The molecule has 1 saturated carbocycles. The first-order valence-corrected chi connectivity index (χ1v) is 7.02. The van der Waals surface area contributed by atoms with Gasteiger partial charge in [-0.05, 0) is 45.1 Å². The van der Waals surface area contributed by atoms with E-state index in [2.05, 4.69) is 10.4 Å². The summed E-state index contributed by atoms with van der Waals surface area (Å²) in [6.45, 7) is 3.76. The normalized spacial score (nSPS) is 24.4. The lowest BCUT2D eigenvalue weighted by Gasteiger charge is -2.25. The van der Waals surface area contributed by atoms with Gasteiger partial charge in [0, 0.05) is 19.2 Å². The van der Waals surface area contributed by atoms with Crippen molar-refractivity contribution in [1.29, 1.82) is 0 Å². The molecule has 2 rings (SSSR count). The summed E-state index contributed by atoms with van der Waals surface area (Å²) in [5.74, 6) is 0.684. The van der Waals surface area contributed by atoms with Crippen molar-refractivity contribution in [2.24, 2.45) is 13.0 Å². The quantitative estimate of drug-likeness (QED) is 0.881. The molecule has 2 N–H and O–H groups in total. The first-order chi connectivity index (χ1) is 8.58. The highest BCUT2D eigenvalue weighted by Gasteiger charge is 2.19. The van der Waals surface area contributed by atoms with E-state index in [-0.39, 0.29) is 6.10 Å². The lowest BCUT2D eigenvalue weighted by molar-refractivity contribution is 0.108. The molecule has 0 saturated heterocycles. The van der Waals surface area contributed by atoms with Gasteiger partial charge in [0.2, 0.25) is 0 Å². The molecule has 0 bridgehead atoms. The number of aliphatic hydroxyl groups excluding tert-OH is 1. The maximum Gasteiger partial charge on any atom is 0.131 e. The van der Waals surface area contributed by atoms with E-state index in [0.29, 0.717) is 5.92 Å². The van der Waals surface area contributed by atoms with E-state index >= 15 is 0 Å². The minimum Gasteiger partial charge on any atom is -0.393 e. The summed E-state index contributed by atoms with van der Waals surface area (Å²) in [5, 5.41) is 17.9. The van der Waals surface area contributed by atoms with Gasteiger partial charge in [-0.1, -0.05) is 11.6 Å². The highest BCUT2D eigenvalue weighted by Crippen LogP contribution is 2.24. The van der Waals surface area contributed by atoms with Crippen molar-refractivity contribution in [2.75, 3.05) is 6.54 Å². The van der Waals surface area contributed by atoms with Gasteiger partial charge in [0.05, 0.1) is 11.8 Å². The molecular formula is C13H22ClN3O. The molecule has 4 nitrogen and oxygen atoms in total. The smallest absolute Gasteiger partial charge is 0.131 e. The van der Waals surface area contributed by atoms with Gasteiger partial charge in [0.25, 0.3) is 0 Å². The molecule has 18 heavy (non-hydrogen) atoms. The number of rotatable bonds is 4. The zero-order valence-electron chi connectivity index (χ0n) is 11.1. The predicted octanol–water partition coefficient (Wildman–Crippen LogP) is 2.02. The van der Waals surface area contributed by atoms with Crippen LogP contribution < -0.4 is 5.32 Å². The summed E-state index contributed by atoms with van der Waals surface area (Å²) in [5.41, 5.74) is 2.09. The molecule has 1 fully saturated rings. The second-order valence-corrected chi connectivity index (χ2v) is 5.64. The predicted molar refractivity (Wildman–Crippen MR) is 72.6 cm³/mol. The Kier molecular flexibility index (Phi) is 4.65. The maximum atomic E-state index is 9.46. The number of aliphatic hydroxyl groups is 1. The van der Waals surface area contributed by atoms with Crippen molar-refractivity contribution in [3.8, 4) is 0 Å². The summed E-state index contributed by atoms with van der Waals surface area (Å²) in [4.78, 5) is 0. The van der Waals surface area contributed by atoms with Gasteiger partial charge < -0.3 is 10.4 Å².